The van der Waals surface area contributed by atoms with Crippen LogP contribution in [0.2, 0.25) is 0 Å². The average molecular weight is 1390 g/mol. The van der Waals surface area contributed by atoms with Gasteiger partial charge in [-0.15, -0.1) is 0 Å². The van der Waals surface area contributed by atoms with Gasteiger partial charge < -0.3 is 33.8 Å². The van der Waals surface area contributed by atoms with Crippen LogP contribution < -0.4 is 0 Å². The summed E-state index contributed by atoms with van der Waals surface area (Å²) < 4.78 is 68.4. The molecule has 0 saturated carbocycles. The number of aliphatic hydroxyl groups excluding tert-OH is 1. The van der Waals surface area contributed by atoms with Gasteiger partial charge in [-0.25, -0.2) is 9.13 Å². The fourth-order valence-electron chi connectivity index (χ4n) is 11.1. The standard InChI is InChI=1S/C76H144O17P2/c1-8-9-10-11-12-13-14-15-17-21-24-31-36-45-52-59-75(80)92-71(63-86-73(78)57-50-43-35-30-27-26-29-34-41-48-55-68(4)5)65-90-94(82,83)88-61-70(77)62-89-95(84,85)91-66-72(64-87-74(79)58-51-44-39-38-42-49-56-69(6)7)93-76(81)60-53-46-37-32-25-22-19-16-18-20-23-28-33-40-47-54-67(2)3/h13-15,17,67-72,77H,8-12,16,18-66H2,1-7H3,(H,82,83)(H,84,85)/b14-13-,17-15-/t70?,71-,72-/m1/s1. The first-order valence-corrected chi connectivity index (χ1v) is 41.7. The molecule has 0 aliphatic rings. The van der Waals surface area contributed by atoms with Crippen molar-refractivity contribution in [1.82, 2.24) is 0 Å². The predicted octanol–water partition coefficient (Wildman–Crippen LogP) is 21.7. The number of ether oxygens (including phenoxy) is 4. The molecule has 0 amide bonds. The molecular formula is C76H144O17P2. The molecule has 0 bridgehead atoms. The number of carbonyl (C=O) groups excluding carboxylic acids is 4. The molecule has 17 nitrogen and oxygen atoms in total. The van der Waals surface area contributed by atoms with E-state index in [-0.39, 0.29) is 25.7 Å². The number of phosphoric acid groups is 2. The van der Waals surface area contributed by atoms with Crippen LogP contribution in [0.25, 0.3) is 0 Å². The van der Waals surface area contributed by atoms with Crippen molar-refractivity contribution in [2.75, 3.05) is 39.6 Å². The highest BCUT2D eigenvalue weighted by atomic mass is 31.2. The number of rotatable bonds is 72. The topological polar surface area (TPSA) is 237 Å². The molecule has 0 spiro atoms. The van der Waals surface area contributed by atoms with Crippen LogP contribution in [0, 0.1) is 17.8 Å². The van der Waals surface area contributed by atoms with Crippen molar-refractivity contribution in [3.63, 3.8) is 0 Å². The molecule has 0 aliphatic heterocycles. The van der Waals surface area contributed by atoms with Crippen molar-refractivity contribution in [2.45, 2.75) is 381 Å². The van der Waals surface area contributed by atoms with Gasteiger partial charge in [-0.1, -0.05) is 310 Å². The Labute approximate surface area is 580 Å². The second kappa shape index (κ2) is 66.1. The van der Waals surface area contributed by atoms with E-state index in [9.17, 15) is 43.2 Å². The van der Waals surface area contributed by atoms with Crippen molar-refractivity contribution in [3.05, 3.63) is 24.3 Å². The molecule has 0 aromatic heterocycles. The summed E-state index contributed by atoms with van der Waals surface area (Å²) in [6.45, 7) is 11.8. The summed E-state index contributed by atoms with van der Waals surface area (Å²) in [6, 6.07) is 0. The number of esters is 4. The molecule has 3 N–H and O–H groups in total. The summed E-state index contributed by atoms with van der Waals surface area (Å²) in [7, 11) is -9.92. The van der Waals surface area contributed by atoms with Crippen molar-refractivity contribution in [3.8, 4) is 0 Å². The lowest BCUT2D eigenvalue weighted by Gasteiger charge is -2.21. The molecule has 560 valence electrons. The maximum Gasteiger partial charge on any atom is 0.472 e. The Morgan fingerprint density at radius 2 is 0.568 bits per heavy atom. The third-order valence-electron chi connectivity index (χ3n) is 17.0. The molecule has 0 radical (unpaired) electrons. The van der Waals surface area contributed by atoms with E-state index in [2.05, 4.69) is 72.8 Å². The summed E-state index contributed by atoms with van der Waals surface area (Å²) in [6.07, 6.45) is 55.1. The maximum absolute atomic E-state index is 13.1. The zero-order valence-electron chi connectivity index (χ0n) is 61.6. The van der Waals surface area contributed by atoms with E-state index in [4.69, 9.17) is 37.0 Å². The zero-order valence-corrected chi connectivity index (χ0v) is 63.4. The highest BCUT2D eigenvalue weighted by Gasteiger charge is 2.30. The van der Waals surface area contributed by atoms with Crippen LogP contribution in [0.4, 0.5) is 0 Å². The minimum Gasteiger partial charge on any atom is -0.462 e. The first-order chi connectivity index (χ1) is 45.7. The second-order valence-electron chi connectivity index (χ2n) is 28.1. The summed E-state index contributed by atoms with van der Waals surface area (Å²) in [4.78, 5) is 72.7. The van der Waals surface area contributed by atoms with Crippen molar-refractivity contribution < 1.29 is 80.2 Å². The SMILES string of the molecule is CCCCCC/C=C\C=C/CCCCCCCC(=O)O[C@H](COC(=O)CCCCCCCCCCCCC(C)C)COP(=O)(O)OCC(O)COP(=O)(O)OC[C@@H](COC(=O)CCCCCCCCC(C)C)OC(=O)CCCCCCCCCCCCCCCCCC(C)C. The van der Waals surface area contributed by atoms with Crippen LogP contribution in [0.1, 0.15) is 363 Å². The summed E-state index contributed by atoms with van der Waals surface area (Å²) in [5, 5.41) is 10.6. The van der Waals surface area contributed by atoms with E-state index in [1.807, 2.05) is 0 Å². The Balaban J connectivity index is 5.26. The summed E-state index contributed by atoms with van der Waals surface area (Å²) in [5.74, 6) is 0.0842. The van der Waals surface area contributed by atoms with E-state index < -0.39 is 97.5 Å². The van der Waals surface area contributed by atoms with Crippen LogP contribution in [-0.4, -0.2) is 96.7 Å². The minimum atomic E-state index is -4.96. The third-order valence-corrected chi connectivity index (χ3v) is 18.9. The number of aliphatic hydroxyl groups is 1. The van der Waals surface area contributed by atoms with Crippen LogP contribution in [-0.2, 0) is 65.4 Å². The van der Waals surface area contributed by atoms with E-state index in [0.717, 1.165) is 121 Å². The lowest BCUT2D eigenvalue weighted by molar-refractivity contribution is -0.161. The van der Waals surface area contributed by atoms with Gasteiger partial charge in [-0.05, 0) is 69.1 Å². The quantitative estimate of drug-likeness (QED) is 0.0169. The average Bonchev–Trinajstić information content (AvgIpc) is 1.48. The Bertz CT molecular complexity index is 1950. The molecule has 95 heavy (non-hydrogen) atoms. The van der Waals surface area contributed by atoms with E-state index in [1.165, 1.54) is 154 Å². The van der Waals surface area contributed by atoms with Crippen molar-refractivity contribution in [2.24, 2.45) is 17.8 Å². The van der Waals surface area contributed by atoms with Crippen LogP contribution in [0.5, 0.6) is 0 Å². The second-order valence-corrected chi connectivity index (χ2v) is 31.0. The molecule has 19 heteroatoms. The Kier molecular flexibility index (Phi) is 64.4. The first-order valence-electron chi connectivity index (χ1n) is 38.7. The van der Waals surface area contributed by atoms with Gasteiger partial charge >= 0.3 is 39.5 Å². The smallest absolute Gasteiger partial charge is 0.462 e. The van der Waals surface area contributed by atoms with Crippen molar-refractivity contribution >= 4 is 39.5 Å². The van der Waals surface area contributed by atoms with Gasteiger partial charge in [0.25, 0.3) is 0 Å². The van der Waals surface area contributed by atoms with Crippen LogP contribution >= 0.6 is 15.6 Å². The molecule has 0 aromatic rings. The van der Waals surface area contributed by atoms with Gasteiger partial charge in [0, 0.05) is 25.7 Å². The monoisotopic (exact) mass is 1390 g/mol. The predicted molar refractivity (Wildman–Crippen MR) is 386 cm³/mol. The molecular weight excluding hydrogens is 1250 g/mol. The molecule has 0 heterocycles. The summed E-state index contributed by atoms with van der Waals surface area (Å²) in [5.41, 5.74) is 0. The van der Waals surface area contributed by atoms with Gasteiger partial charge in [-0.3, -0.25) is 37.3 Å². The molecule has 0 aromatic carbocycles. The van der Waals surface area contributed by atoms with Crippen LogP contribution in [0.3, 0.4) is 0 Å². The number of unbranched alkanes of at least 4 members (excludes halogenated alkanes) is 37. The largest absolute Gasteiger partial charge is 0.472 e. The van der Waals surface area contributed by atoms with Gasteiger partial charge in [0.1, 0.15) is 19.3 Å². The van der Waals surface area contributed by atoms with Crippen LogP contribution in [0.15, 0.2) is 24.3 Å². The third kappa shape index (κ3) is 69.8. The molecule has 0 aliphatic carbocycles. The van der Waals surface area contributed by atoms with Crippen molar-refractivity contribution in [1.29, 1.82) is 0 Å². The molecule has 5 atom stereocenters. The number of carbonyl (C=O) groups is 4. The maximum atomic E-state index is 13.1. The number of hydrogen-bond acceptors (Lipinski definition) is 15. The molecule has 3 unspecified atom stereocenters. The van der Waals surface area contributed by atoms with Gasteiger partial charge in [-0.2, -0.15) is 0 Å². The van der Waals surface area contributed by atoms with E-state index in [1.54, 1.807) is 0 Å². The lowest BCUT2D eigenvalue weighted by Crippen LogP contribution is -2.30. The highest BCUT2D eigenvalue weighted by molar-refractivity contribution is 7.47. The van der Waals surface area contributed by atoms with Gasteiger partial charge in [0.15, 0.2) is 12.2 Å². The molecule has 0 fully saturated rings. The van der Waals surface area contributed by atoms with Gasteiger partial charge in [0.2, 0.25) is 0 Å². The zero-order chi connectivity index (χ0) is 70.1. The normalized spacial score (nSPS) is 14.2. The first kappa shape index (κ1) is 92.5. The lowest BCUT2D eigenvalue weighted by atomic mass is 10.0. The fraction of sp³-hybridized carbons (Fsp3) is 0.895. The minimum absolute atomic E-state index is 0.0844. The molecule has 0 rings (SSSR count). The van der Waals surface area contributed by atoms with E-state index >= 15 is 0 Å². The highest BCUT2D eigenvalue weighted by Crippen LogP contribution is 2.45. The fourth-order valence-corrected chi connectivity index (χ4v) is 12.6. The summed E-state index contributed by atoms with van der Waals surface area (Å²) >= 11 is 0. The number of hydrogen-bond donors (Lipinski definition) is 3. The molecule has 0 saturated heterocycles. The Hall–Kier alpha value is -2.46. The Morgan fingerprint density at radius 1 is 0.326 bits per heavy atom. The van der Waals surface area contributed by atoms with E-state index in [0.29, 0.717) is 31.6 Å². The Morgan fingerprint density at radius 3 is 0.853 bits per heavy atom. The number of phosphoric ester groups is 2. The van der Waals surface area contributed by atoms with Gasteiger partial charge in [0.05, 0.1) is 26.4 Å². The number of allylic oxidation sites excluding steroid dienone is 4.